The van der Waals surface area contributed by atoms with Crippen LogP contribution in [0.1, 0.15) is 37.7 Å². The van der Waals surface area contributed by atoms with Crippen LogP contribution in [0.5, 0.6) is 0 Å². The van der Waals surface area contributed by atoms with Crippen molar-refractivity contribution in [2.75, 3.05) is 32.4 Å². The van der Waals surface area contributed by atoms with E-state index in [2.05, 4.69) is 0 Å². The number of hydrogen-bond donors (Lipinski definition) is 0. The fraction of sp³-hybridized carbons (Fsp3) is 0.611. The van der Waals surface area contributed by atoms with Crippen molar-refractivity contribution in [3.05, 3.63) is 34.9 Å². The second-order valence-electron chi connectivity index (χ2n) is 7.11. The van der Waals surface area contributed by atoms with E-state index in [9.17, 15) is 13.2 Å². The molecule has 2 fully saturated rings. The molecular formula is C18H25ClN2O3S. The predicted molar refractivity (Wildman–Crippen MR) is 99.2 cm³/mol. The molecule has 3 rings (SSSR count). The number of sulfonamides is 1. The Bertz CT molecular complexity index is 736. The number of nitrogens with zero attached hydrogens (tertiary/aromatic N) is 2. The molecule has 1 aromatic rings. The van der Waals surface area contributed by atoms with Gasteiger partial charge in [0.25, 0.3) is 0 Å². The summed E-state index contributed by atoms with van der Waals surface area (Å²) in [7, 11) is -3.19. The maximum Gasteiger partial charge on any atom is 0.233 e. The van der Waals surface area contributed by atoms with Crippen LogP contribution in [0, 0.1) is 0 Å². The van der Waals surface area contributed by atoms with Gasteiger partial charge in [0.15, 0.2) is 0 Å². The van der Waals surface area contributed by atoms with E-state index in [1.165, 1.54) is 10.6 Å². The highest BCUT2D eigenvalue weighted by Gasteiger charge is 2.44. The van der Waals surface area contributed by atoms with E-state index in [4.69, 9.17) is 11.6 Å². The van der Waals surface area contributed by atoms with Crippen LogP contribution in [-0.4, -0.2) is 56.0 Å². The number of carbonyl (C=O) groups is 1. The van der Waals surface area contributed by atoms with E-state index >= 15 is 0 Å². The molecule has 1 saturated heterocycles. The summed E-state index contributed by atoms with van der Waals surface area (Å²) >= 11 is 6.19. The lowest BCUT2D eigenvalue weighted by molar-refractivity contribution is -0.140. The number of amides is 1. The molecule has 25 heavy (non-hydrogen) atoms. The summed E-state index contributed by atoms with van der Waals surface area (Å²) in [5.41, 5.74) is 0.478. The Morgan fingerprint density at radius 3 is 2.28 bits per heavy atom. The van der Waals surface area contributed by atoms with Gasteiger partial charge >= 0.3 is 0 Å². The molecule has 1 aliphatic heterocycles. The maximum atomic E-state index is 13.5. The first-order valence-corrected chi connectivity index (χ1v) is 11.1. The molecule has 0 spiro atoms. The zero-order valence-electron chi connectivity index (χ0n) is 14.6. The molecule has 1 amide bonds. The second-order valence-corrected chi connectivity index (χ2v) is 9.53. The Labute approximate surface area is 155 Å². The molecule has 0 bridgehead atoms. The molecule has 0 unspecified atom stereocenters. The number of halogens is 1. The van der Waals surface area contributed by atoms with Gasteiger partial charge in [-0.15, -0.1) is 0 Å². The summed E-state index contributed by atoms with van der Waals surface area (Å²) in [6.45, 7) is 1.65. The van der Waals surface area contributed by atoms with Crippen molar-refractivity contribution in [1.82, 2.24) is 9.21 Å². The average Bonchev–Trinajstić information content (AvgIpc) is 2.61. The normalized spacial score (nSPS) is 21.9. The van der Waals surface area contributed by atoms with Gasteiger partial charge in [0.1, 0.15) is 0 Å². The van der Waals surface area contributed by atoms with Crippen LogP contribution in [0.2, 0.25) is 5.02 Å². The highest BCUT2D eigenvalue weighted by Crippen LogP contribution is 2.42. The molecular weight excluding hydrogens is 360 g/mol. The lowest BCUT2D eigenvalue weighted by Crippen LogP contribution is -2.55. The molecule has 1 saturated carbocycles. The van der Waals surface area contributed by atoms with Gasteiger partial charge in [-0.25, -0.2) is 8.42 Å². The summed E-state index contributed by atoms with van der Waals surface area (Å²) in [5, 5.41) is 0.650. The van der Waals surface area contributed by atoms with E-state index in [-0.39, 0.29) is 5.91 Å². The van der Waals surface area contributed by atoms with Gasteiger partial charge in [0, 0.05) is 31.2 Å². The maximum absolute atomic E-state index is 13.5. The molecule has 7 heteroatoms. The highest BCUT2D eigenvalue weighted by atomic mass is 35.5. The zero-order chi connectivity index (χ0) is 18.1. The van der Waals surface area contributed by atoms with Crippen molar-refractivity contribution in [2.45, 2.75) is 37.5 Å². The monoisotopic (exact) mass is 384 g/mol. The van der Waals surface area contributed by atoms with Crippen LogP contribution in [0.25, 0.3) is 0 Å². The summed E-state index contributed by atoms with van der Waals surface area (Å²) in [6.07, 6.45) is 6.09. The van der Waals surface area contributed by atoms with Crippen LogP contribution in [0.4, 0.5) is 0 Å². The Kier molecular flexibility index (Phi) is 5.42. The molecule has 0 aromatic heterocycles. The first-order chi connectivity index (χ1) is 11.8. The first kappa shape index (κ1) is 18.7. The quantitative estimate of drug-likeness (QED) is 0.804. The molecule has 0 atom stereocenters. The van der Waals surface area contributed by atoms with Crippen molar-refractivity contribution in [2.24, 2.45) is 0 Å². The fourth-order valence-electron chi connectivity index (χ4n) is 4.09. The summed E-state index contributed by atoms with van der Waals surface area (Å²) in [5.74, 6) is 0.127. The standard InChI is InChI=1S/C18H25ClN2O3S/c1-25(23,24)21-12-10-20(11-13-21)17(22)18(8-3-2-4-9-18)15-6-5-7-16(19)14-15/h5-7,14H,2-4,8-13H2,1H3. The van der Waals surface area contributed by atoms with Crippen molar-refractivity contribution < 1.29 is 13.2 Å². The topological polar surface area (TPSA) is 57.7 Å². The van der Waals surface area contributed by atoms with E-state index < -0.39 is 15.4 Å². The fourth-order valence-corrected chi connectivity index (χ4v) is 5.11. The molecule has 1 aliphatic carbocycles. The van der Waals surface area contributed by atoms with Crippen molar-refractivity contribution in [3.63, 3.8) is 0 Å². The Balaban J connectivity index is 1.84. The van der Waals surface area contributed by atoms with Crippen LogP contribution in [-0.2, 0) is 20.2 Å². The largest absolute Gasteiger partial charge is 0.339 e. The highest BCUT2D eigenvalue weighted by molar-refractivity contribution is 7.88. The molecule has 138 valence electrons. The lowest BCUT2D eigenvalue weighted by atomic mass is 9.68. The van der Waals surface area contributed by atoms with Gasteiger partial charge in [-0.1, -0.05) is 43.0 Å². The molecule has 2 aliphatic rings. The van der Waals surface area contributed by atoms with Crippen LogP contribution in [0.15, 0.2) is 24.3 Å². The third-order valence-electron chi connectivity index (χ3n) is 5.49. The Hall–Kier alpha value is -1.11. The third-order valence-corrected chi connectivity index (χ3v) is 7.03. The number of benzene rings is 1. The molecule has 1 heterocycles. The summed E-state index contributed by atoms with van der Waals surface area (Å²) in [6, 6.07) is 7.65. The molecule has 0 radical (unpaired) electrons. The Morgan fingerprint density at radius 2 is 1.72 bits per heavy atom. The van der Waals surface area contributed by atoms with E-state index in [1.807, 2.05) is 29.2 Å². The average molecular weight is 385 g/mol. The van der Waals surface area contributed by atoms with Gasteiger partial charge in [-0.05, 0) is 30.5 Å². The first-order valence-electron chi connectivity index (χ1n) is 8.83. The van der Waals surface area contributed by atoms with Gasteiger partial charge in [-0.2, -0.15) is 4.31 Å². The minimum atomic E-state index is -3.19. The molecule has 0 N–H and O–H groups in total. The van der Waals surface area contributed by atoms with E-state index in [0.717, 1.165) is 37.7 Å². The van der Waals surface area contributed by atoms with Gasteiger partial charge in [0.2, 0.25) is 15.9 Å². The molecule has 5 nitrogen and oxygen atoms in total. The Morgan fingerprint density at radius 1 is 1.08 bits per heavy atom. The summed E-state index contributed by atoms with van der Waals surface area (Å²) < 4.78 is 24.8. The van der Waals surface area contributed by atoms with Crippen molar-refractivity contribution in [1.29, 1.82) is 0 Å². The predicted octanol–water partition coefficient (Wildman–Crippen LogP) is 2.65. The summed E-state index contributed by atoms with van der Waals surface area (Å²) in [4.78, 5) is 15.3. The van der Waals surface area contributed by atoms with Gasteiger partial charge in [0.05, 0.1) is 11.7 Å². The SMILES string of the molecule is CS(=O)(=O)N1CCN(C(=O)C2(c3cccc(Cl)c3)CCCCC2)CC1. The van der Waals surface area contributed by atoms with Crippen molar-refractivity contribution >= 4 is 27.5 Å². The van der Waals surface area contributed by atoms with Crippen LogP contribution in [0.3, 0.4) is 0 Å². The number of rotatable bonds is 3. The van der Waals surface area contributed by atoms with Gasteiger partial charge < -0.3 is 4.90 Å². The minimum absolute atomic E-state index is 0.127. The molecule has 1 aromatic carbocycles. The van der Waals surface area contributed by atoms with E-state index in [0.29, 0.717) is 31.2 Å². The van der Waals surface area contributed by atoms with Crippen LogP contribution >= 0.6 is 11.6 Å². The number of hydrogen-bond acceptors (Lipinski definition) is 3. The second kappa shape index (κ2) is 7.25. The minimum Gasteiger partial charge on any atom is -0.339 e. The smallest absolute Gasteiger partial charge is 0.233 e. The number of piperazine rings is 1. The number of carbonyl (C=O) groups excluding carboxylic acids is 1. The van der Waals surface area contributed by atoms with Crippen LogP contribution < -0.4 is 0 Å². The van der Waals surface area contributed by atoms with Gasteiger partial charge in [-0.3, -0.25) is 4.79 Å². The third kappa shape index (κ3) is 3.86. The lowest BCUT2D eigenvalue weighted by Gasteiger charge is -2.43. The van der Waals surface area contributed by atoms with Crippen molar-refractivity contribution in [3.8, 4) is 0 Å². The van der Waals surface area contributed by atoms with E-state index in [1.54, 1.807) is 0 Å². The zero-order valence-corrected chi connectivity index (χ0v) is 16.2.